The van der Waals surface area contributed by atoms with Crippen molar-refractivity contribution in [1.82, 2.24) is 9.78 Å². The first-order valence-corrected chi connectivity index (χ1v) is 6.40. The number of halogens is 1. The van der Waals surface area contributed by atoms with Gasteiger partial charge < -0.3 is 4.74 Å². The molecule has 0 aliphatic rings. The van der Waals surface area contributed by atoms with Crippen molar-refractivity contribution in [1.29, 1.82) is 0 Å². The average Bonchev–Trinajstić information content (AvgIpc) is 2.59. The molecule has 0 N–H and O–H groups in total. The van der Waals surface area contributed by atoms with E-state index in [4.69, 9.17) is 16.3 Å². The van der Waals surface area contributed by atoms with Crippen LogP contribution in [0.1, 0.15) is 22.4 Å². The van der Waals surface area contributed by atoms with E-state index >= 15 is 0 Å². The zero-order valence-corrected chi connectivity index (χ0v) is 11.9. The van der Waals surface area contributed by atoms with Gasteiger partial charge in [0.05, 0.1) is 17.1 Å². The summed E-state index contributed by atoms with van der Waals surface area (Å²) in [4.78, 5) is 0. The molecule has 1 heterocycles. The Bertz CT molecular complexity index is 575. The number of rotatable bonds is 3. The molecule has 0 spiro atoms. The van der Waals surface area contributed by atoms with Crippen molar-refractivity contribution < 1.29 is 4.74 Å². The second kappa shape index (κ2) is 5.02. The second-order valence-electron chi connectivity index (χ2n) is 4.43. The van der Waals surface area contributed by atoms with Gasteiger partial charge in [-0.1, -0.05) is 12.1 Å². The molecule has 0 fully saturated rings. The van der Waals surface area contributed by atoms with Gasteiger partial charge in [0.2, 0.25) is 5.88 Å². The third-order valence-electron chi connectivity index (χ3n) is 3.18. The van der Waals surface area contributed by atoms with Crippen LogP contribution < -0.4 is 4.74 Å². The Morgan fingerprint density at radius 1 is 1.28 bits per heavy atom. The highest BCUT2D eigenvalue weighted by Crippen LogP contribution is 2.31. The number of benzene rings is 1. The van der Waals surface area contributed by atoms with Gasteiger partial charge >= 0.3 is 0 Å². The Balaban J connectivity index is 2.43. The number of alkyl halides is 1. The normalized spacial score (nSPS) is 10.7. The molecule has 96 valence electrons. The van der Waals surface area contributed by atoms with Gasteiger partial charge in [-0.25, -0.2) is 4.68 Å². The van der Waals surface area contributed by atoms with Gasteiger partial charge in [-0.3, -0.25) is 0 Å². The summed E-state index contributed by atoms with van der Waals surface area (Å²) in [5.41, 5.74) is 4.20. The SMILES string of the molecule is Cc1cccc(Oc2c(CCl)c(C)nn2C)c1C. The number of hydrogen-bond acceptors (Lipinski definition) is 2. The molecule has 18 heavy (non-hydrogen) atoms. The molecule has 0 aliphatic heterocycles. The zero-order valence-electron chi connectivity index (χ0n) is 11.1. The molecule has 1 aromatic heterocycles. The Hall–Kier alpha value is -1.48. The maximum atomic E-state index is 5.98. The Kier molecular flexibility index (Phi) is 3.62. The van der Waals surface area contributed by atoms with Gasteiger partial charge in [0, 0.05) is 7.05 Å². The van der Waals surface area contributed by atoms with Crippen molar-refractivity contribution in [2.24, 2.45) is 7.05 Å². The van der Waals surface area contributed by atoms with Crippen molar-refractivity contribution in [2.75, 3.05) is 0 Å². The maximum Gasteiger partial charge on any atom is 0.222 e. The van der Waals surface area contributed by atoms with Gasteiger partial charge in [-0.2, -0.15) is 5.10 Å². The van der Waals surface area contributed by atoms with Crippen LogP contribution >= 0.6 is 11.6 Å². The molecule has 0 bridgehead atoms. The summed E-state index contributed by atoms with van der Waals surface area (Å²) in [7, 11) is 1.86. The second-order valence-corrected chi connectivity index (χ2v) is 4.69. The van der Waals surface area contributed by atoms with Crippen molar-refractivity contribution in [3.63, 3.8) is 0 Å². The fraction of sp³-hybridized carbons (Fsp3) is 0.357. The van der Waals surface area contributed by atoms with Crippen molar-refractivity contribution in [2.45, 2.75) is 26.7 Å². The highest BCUT2D eigenvalue weighted by atomic mass is 35.5. The summed E-state index contributed by atoms with van der Waals surface area (Å²) in [6.07, 6.45) is 0. The van der Waals surface area contributed by atoms with Crippen LogP contribution in [-0.2, 0) is 12.9 Å². The van der Waals surface area contributed by atoms with Crippen LogP contribution in [0.4, 0.5) is 0 Å². The highest BCUT2D eigenvalue weighted by molar-refractivity contribution is 6.17. The van der Waals surface area contributed by atoms with E-state index in [-0.39, 0.29) is 0 Å². The van der Waals surface area contributed by atoms with Crippen LogP contribution in [0.5, 0.6) is 11.6 Å². The molecule has 3 nitrogen and oxygen atoms in total. The van der Waals surface area contributed by atoms with Crippen LogP contribution in [0.15, 0.2) is 18.2 Å². The fourth-order valence-electron chi connectivity index (χ4n) is 1.90. The molecule has 0 saturated carbocycles. The number of aromatic nitrogens is 2. The topological polar surface area (TPSA) is 27.1 Å². The Labute approximate surface area is 112 Å². The molecule has 0 aliphatic carbocycles. The number of hydrogen-bond donors (Lipinski definition) is 0. The third-order valence-corrected chi connectivity index (χ3v) is 3.45. The van der Waals surface area contributed by atoms with E-state index in [1.54, 1.807) is 4.68 Å². The lowest BCUT2D eigenvalue weighted by Gasteiger charge is -2.11. The van der Waals surface area contributed by atoms with Crippen LogP contribution in [0.3, 0.4) is 0 Å². The van der Waals surface area contributed by atoms with E-state index in [1.807, 2.05) is 33.0 Å². The summed E-state index contributed by atoms with van der Waals surface area (Å²) >= 11 is 5.95. The smallest absolute Gasteiger partial charge is 0.222 e. The predicted octanol–water partition coefficient (Wildman–Crippen LogP) is 3.88. The summed E-state index contributed by atoms with van der Waals surface area (Å²) in [5, 5.41) is 4.34. The van der Waals surface area contributed by atoms with Gasteiger partial charge in [-0.15, -0.1) is 11.6 Å². The maximum absolute atomic E-state index is 5.98. The van der Waals surface area contributed by atoms with Gasteiger partial charge in [0.25, 0.3) is 0 Å². The lowest BCUT2D eigenvalue weighted by molar-refractivity contribution is 0.424. The van der Waals surface area contributed by atoms with Crippen LogP contribution in [-0.4, -0.2) is 9.78 Å². The average molecular weight is 265 g/mol. The first-order valence-electron chi connectivity index (χ1n) is 5.87. The molecule has 0 amide bonds. The van der Waals surface area contributed by atoms with Crippen molar-refractivity contribution >= 4 is 11.6 Å². The lowest BCUT2D eigenvalue weighted by Crippen LogP contribution is -1.98. The van der Waals surface area contributed by atoms with Crippen molar-refractivity contribution in [3.8, 4) is 11.6 Å². The standard InChI is InChI=1S/C14H17ClN2O/c1-9-6-5-7-13(10(9)2)18-14-12(8-15)11(3)16-17(14)4/h5-7H,8H2,1-4H3. The summed E-state index contributed by atoms with van der Waals surface area (Å²) in [6.45, 7) is 6.06. The zero-order chi connectivity index (χ0) is 13.3. The molecule has 0 radical (unpaired) electrons. The van der Waals surface area contributed by atoms with Gasteiger partial charge in [0.15, 0.2) is 0 Å². The Morgan fingerprint density at radius 2 is 2.00 bits per heavy atom. The van der Waals surface area contributed by atoms with Crippen LogP contribution in [0.25, 0.3) is 0 Å². The molecule has 0 atom stereocenters. The molecule has 0 saturated heterocycles. The minimum atomic E-state index is 0.403. The van der Waals surface area contributed by atoms with Crippen LogP contribution in [0, 0.1) is 20.8 Å². The molecule has 2 rings (SSSR count). The molecule has 2 aromatic rings. The highest BCUT2D eigenvalue weighted by Gasteiger charge is 2.15. The van der Waals surface area contributed by atoms with Crippen LogP contribution in [0.2, 0.25) is 0 Å². The van der Waals surface area contributed by atoms with Gasteiger partial charge in [-0.05, 0) is 38.0 Å². The van der Waals surface area contributed by atoms with E-state index in [1.165, 1.54) is 5.56 Å². The molecule has 4 heteroatoms. The number of nitrogens with zero attached hydrogens (tertiary/aromatic N) is 2. The number of aryl methyl sites for hydroxylation is 3. The first kappa shape index (κ1) is 13.0. The largest absolute Gasteiger partial charge is 0.439 e. The fourth-order valence-corrected chi connectivity index (χ4v) is 2.21. The number of ether oxygens (including phenoxy) is 1. The van der Waals surface area contributed by atoms with E-state index < -0.39 is 0 Å². The van der Waals surface area contributed by atoms with E-state index in [0.717, 1.165) is 28.5 Å². The molecule has 1 aromatic carbocycles. The summed E-state index contributed by atoms with van der Waals surface area (Å²) < 4.78 is 7.71. The molecular weight excluding hydrogens is 248 g/mol. The Morgan fingerprint density at radius 3 is 2.67 bits per heavy atom. The van der Waals surface area contributed by atoms with Crippen molar-refractivity contribution in [3.05, 3.63) is 40.6 Å². The minimum absolute atomic E-state index is 0.403. The van der Waals surface area contributed by atoms with Gasteiger partial charge in [0.1, 0.15) is 5.75 Å². The molecule has 0 unspecified atom stereocenters. The third kappa shape index (κ3) is 2.23. The van der Waals surface area contributed by atoms with E-state index in [2.05, 4.69) is 18.1 Å². The summed E-state index contributed by atoms with van der Waals surface area (Å²) in [6, 6.07) is 6.02. The predicted molar refractivity (Wildman–Crippen MR) is 73.5 cm³/mol. The van der Waals surface area contributed by atoms with E-state index in [9.17, 15) is 0 Å². The monoisotopic (exact) mass is 264 g/mol. The lowest BCUT2D eigenvalue weighted by atomic mass is 10.1. The van der Waals surface area contributed by atoms with E-state index in [0.29, 0.717) is 5.88 Å². The quantitative estimate of drug-likeness (QED) is 0.787. The first-order chi connectivity index (χ1) is 8.54. The molecular formula is C14H17ClN2O. The summed E-state index contributed by atoms with van der Waals surface area (Å²) in [5.74, 6) is 1.97. The minimum Gasteiger partial charge on any atom is -0.439 e.